The second-order valence-corrected chi connectivity index (χ2v) is 9.33. The number of amides is 1. The second kappa shape index (κ2) is 9.17. The summed E-state index contributed by atoms with van der Waals surface area (Å²) in [6.45, 7) is 12.1. The average molecular weight is 411 g/mol. The molecule has 2 aromatic rings. The number of fused-ring (bicyclic) bond motifs is 1. The number of Topliss-reactive ketones (excluding diaryl/α,β-unsaturated/α-hetero) is 1. The number of ketones is 1. The average Bonchev–Trinajstić information content (AvgIpc) is 3.12. The highest BCUT2D eigenvalue weighted by Crippen LogP contribution is 2.31. The molecule has 0 bridgehead atoms. The first-order valence-corrected chi connectivity index (χ1v) is 10.9. The van der Waals surface area contributed by atoms with Gasteiger partial charge in [-0.3, -0.25) is 9.59 Å². The molecular weight excluding hydrogens is 376 g/mol. The molecule has 1 aromatic heterocycles. The van der Waals surface area contributed by atoms with Crippen LogP contribution in [0.1, 0.15) is 85.6 Å². The summed E-state index contributed by atoms with van der Waals surface area (Å²) >= 11 is 0. The highest BCUT2D eigenvalue weighted by molar-refractivity contribution is 6.01. The third kappa shape index (κ3) is 4.84. The standard InChI is InChI=1S/C25H34N2O3/c1-6-20(18-10-8-7-9-11-18)26-24(29)19-15-21(27-12-13-30-16-22(19)27)23(28)14-17(2)25(3,4)5/h7-11,15,17,20H,6,12-14,16H2,1-5H3,(H,26,29)/t17-,20+/m0/s1. The van der Waals surface area contributed by atoms with Crippen molar-refractivity contribution in [2.24, 2.45) is 11.3 Å². The van der Waals surface area contributed by atoms with E-state index in [9.17, 15) is 9.59 Å². The van der Waals surface area contributed by atoms with Crippen molar-refractivity contribution in [2.75, 3.05) is 6.61 Å². The summed E-state index contributed by atoms with van der Waals surface area (Å²) in [6, 6.07) is 11.7. The van der Waals surface area contributed by atoms with Crippen LogP contribution in [0.25, 0.3) is 0 Å². The first kappa shape index (κ1) is 22.3. The molecule has 1 aliphatic rings. The van der Waals surface area contributed by atoms with E-state index >= 15 is 0 Å². The minimum atomic E-state index is -0.150. The van der Waals surface area contributed by atoms with Crippen molar-refractivity contribution < 1.29 is 14.3 Å². The molecule has 0 saturated heterocycles. The van der Waals surface area contributed by atoms with E-state index in [1.54, 1.807) is 6.07 Å². The largest absolute Gasteiger partial charge is 0.373 e. The molecule has 1 aromatic carbocycles. The molecule has 162 valence electrons. The molecule has 5 nitrogen and oxygen atoms in total. The van der Waals surface area contributed by atoms with Crippen molar-refractivity contribution in [1.29, 1.82) is 0 Å². The van der Waals surface area contributed by atoms with Gasteiger partial charge in [0.25, 0.3) is 5.91 Å². The van der Waals surface area contributed by atoms with E-state index in [0.717, 1.165) is 17.7 Å². The van der Waals surface area contributed by atoms with Gasteiger partial charge in [0.05, 0.1) is 36.2 Å². The van der Waals surface area contributed by atoms with Gasteiger partial charge in [0.1, 0.15) is 0 Å². The van der Waals surface area contributed by atoms with Crippen LogP contribution in [0.4, 0.5) is 0 Å². The van der Waals surface area contributed by atoms with Crippen LogP contribution >= 0.6 is 0 Å². The van der Waals surface area contributed by atoms with E-state index in [4.69, 9.17) is 4.74 Å². The Hall–Kier alpha value is -2.40. The van der Waals surface area contributed by atoms with Gasteiger partial charge in [0.2, 0.25) is 0 Å². The molecule has 0 saturated carbocycles. The first-order valence-electron chi connectivity index (χ1n) is 10.9. The Kier molecular flexibility index (Phi) is 6.81. The van der Waals surface area contributed by atoms with Gasteiger partial charge in [0.15, 0.2) is 5.78 Å². The van der Waals surface area contributed by atoms with Crippen LogP contribution in [0.5, 0.6) is 0 Å². The van der Waals surface area contributed by atoms with Crippen molar-refractivity contribution >= 4 is 11.7 Å². The predicted molar refractivity (Wildman–Crippen MR) is 119 cm³/mol. The first-order chi connectivity index (χ1) is 14.2. The third-order valence-electron chi connectivity index (χ3n) is 6.32. The van der Waals surface area contributed by atoms with Gasteiger partial charge in [0, 0.05) is 13.0 Å². The molecule has 0 unspecified atom stereocenters. The lowest BCUT2D eigenvalue weighted by Crippen LogP contribution is -2.29. The fourth-order valence-electron chi connectivity index (χ4n) is 3.78. The van der Waals surface area contributed by atoms with Crippen molar-refractivity contribution in [2.45, 2.75) is 66.7 Å². The number of nitrogens with one attached hydrogen (secondary N) is 1. The number of hydrogen-bond donors (Lipinski definition) is 1. The Morgan fingerprint density at radius 1 is 1.20 bits per heavy atom. The lowest BCUT2D eigenvalue weighted by Gasteiger charge is -2.27. The van der Waals surface area contributed by atoms with Crippen molar-refractivity contribution in [3.8, 4) is 0 Å². The van der Waals surface area contributed by atoms with Crippen LogP contribution in [0.3, 0.4) is 0 Å². The normalized spacial score (nSPS) is 15.9. The molecule has 2 heterocycles. The van der Waals surface area contributed by atoms with Crippen LogP contribution in [0.2, 0.25) is 0 Å². The quantitative estimate of drug-likeness (QED) is 0.642. The van der Waals surface area contributed by atoms with Crippen LogP contribution in [0, 0.1) is 11.3 Å². The molecule has 0 radical (unpaired) electrons. The summed E-state index contributed by atoms with van der Waals surface area (Å²) < 4.78 is 7.60. The summed E-state index contributed by atoms with van der Waals surface area (Å²) in [6.07, 6.45) is 1.26. The zero-order chi connectivity index (χ0) is 21.9. The minimum absolute atomic E-state index is 0.0559. The highest BCUT2D eigenvalue weighted by Gasteiger charge is 2.29. The fourth-order valence-corrected chi connectivity index (χ4v) is 3.78. The van der Waals surface area contributed by atoms with E-state index in [2.05, 4.69) is 39.9 Å². The summed E-state index contributed by atoms with van der Waals surface area (Å²) in [5, 5.41) is 3.15. The monoisotopic (exact) mass is 410 g/mol. The molecule has 1 aliphatic heterocycles. The van der Waals surface area contributed by atoms with Crippen molar-refractivity contribution in [3.05, 3.63) is 58.9 Å². The molecule has 0 aliphatic carbocycles. The smallest absolute Gasteiger partial charge is 0.253 e. The van der Waals surface area contributed by atoms with Crippen LogP contribution < -0.4 is 5.32 Å². The lowest BCUT2D eigenvalue weighted by molar-refractivity contribution is 0.0772. The van der Waals surface area contributed by atoms with Gasteiger partial charge in [-0.25, -0.2) is 0 Å². The Morgan fingerprint density at radius 3 is 2.53 bits per heavy atom. The van der Waals surface area contributed by atoms with Gasteiger partial charge in [-0.15, -0.1) is 0 Å². The molecule has 0 fully saturated rings. The highest BCUT2D eigenvalue weighted by atomic mass is 16.5. The maximum absolute atomic E-state index is 13.2. The summed E-state index contributed by atoms with van der Waals surface area (Å²) in [5.74, 6) is 0.188. The molecule has 5 heteroatoms. The maximum Gasteiger partial charge on any atom is 0.253 e. The Balaban J connectivity index is 1.86. The van der Waals surface area contributed by atoms with Crippen molar-refractivity contribution in [3.63, 3.8) is 0 Å². The number of hydrogen-bond acceptors (Lipinski definition) is 3. The van der Waals surface area contributed by atoms with Gasteiger partial charge >= 0.3 is 0 Å². The van der Waals surface area contributed by atoms with Gasteiger partial charge in [-0.2, -0.15) is 0 Å². The molecule has 2 atom stereocenters. The lowest BCUT2D eigenvalue weighted by atomic mass is 9.79. The molecule has 1 N–H and O–H groups in total. The van der Waals surface area contributed by atoms with Crippen molar-refractivity contribution in [1.82, 2.24) is 9.88 Å². The number of benzene rings is 1. The Labute approximate surface area is 179 Å². The van der Waals surface area contributed by atoms with E-state index in [0.29, 0.717) is 37.4 Å². The molecule has 30 heavy (non-hydrogen) atoms. The van der Waals surface area contributed by atoms with Crippen LogP contribution in [0.15, 0.2) is 36.4 Å². The van der Waals surface area contributed by atoms with E-state index in [-0.39, 0.29) is 29.1 Å². The van der Waals surface area contributed by atoms with Gasteiger partial charge in [-0.05, 0) is 29.4 Å². The maximum atomic E-state index is 13.2. The number of ether oxygens (including phenoxy) is 1. The molecular formula is C25H34N2O3. The Bertz CT molecular complexity index is 893. The summed E-state index contributed by atoms with van der Waals surface area (Å²) in [4.78, 5) is 26.3. The molecule has 0 spiro atoms. The van der Waals surface area contributed by atoms with Gasteiger partial charge < -0.3 is 14.6 Å². The SMILES string of the molecule is CC[C@@H](NC(=O)c1cc(C(=O)C[C@H](C)C(C)(C)C)n2c1COCC2)c1ccccc1. The van der Waals surface area contributed by atoms with Crippen LogP contribution in [-0.2, 0) is 17.9 Å². The topological polar surface area (TPSA) is 60.3 Å². The van der Waals surface area contributed by atoms with E-state index in [1.165, 1.54) is 0 Å². The number of nitrogens with zero attached hydrogens (tertiary/aromatic N) is 1. The predicted octanol–water partition coefficient (Wildman–Crippen LogP) is 5.15. The number of aromatic nitrogens is 1. The zero-order valence-corrected chi connectivity index (χ0v) is 18.8. The van der Waals surface area contributed by atoms with Gasteiger partial charge in [-0.1, -0.05) is 65.0 Å². The Morgan fingerprint density at radius 2 is 1.90 bits per heavy atom. The fraction of sp³-hybridized carbons (Fsp3) is 0.520. The minimum Gasteiger partial charge on any atom is -0.373 e. The second-order valence-electron chi connectivity index (χ2n) is 9.33. The summed E-state index contributed by atoms with van der Waals surface area (Å²) in [5.41, 5.74) is 3.11. The number of rotatable bonds is 7. The number of carbonyl (C=O) groups excluding carboxylic acids is 2. The molecule has 1 amide bonds. The zero-order valence-electron chi connectivity index (χ0n) is 18.8. The number of carbonyl (C=O) groups is 2. The van der Waals surface area contributed by atoms with Crippen LogP contribution in [-0.4, -0.2) is 22.9 Å². The third-order valence-corrected chi connectivity index (χ3v) is 6.32. The molecule has 3 rings (SSSR count). The van der Waals surface area contributed by atoms with E-state index in [1.807, 2.05) is 34.9 Å². The summed E-state index contributed by atoms with van der Waals surface area (Å²) in [7, 11) is 0. The van der Waals surface area contributed by atoms with E-state index < -0.39 is 0 Å².